The van der Waals surface area contributed by atoms with E-state index >= 15 is 0 Å². The third kappa shape index (κ3) is 2.75. The second-order valence-corrected chi connectivity index (χ2v) is 6.33. The van der Waals surface area contributed by atoms with Crippen LogP contribution >= 0.6 is 0 Å². The zero-order valence-corrected chi connectivity index (χ0v) is 14.3. The van der Waals surface area contributed by atoms with Gasteiger partial charge in [0.2, 0.25) is 0 Å². The number of benzene rings is 3. The summed E-state index contributed by atoms with van der Waals surface area (Å²) in [6, 6.07) is 22.2. The topological polar surface area (TPSA) is 58.2 Å². The summed E-state index contributed by atoms with van der Waals surface area (Å²) in [5, 5.41) is 7.76. The second-order valence-electron chi connectivity index (χ2n) is 6.33. The molecule has 3 aromatic rings. The van der Waals surface area contributed by atoms with Gasteiger partial charge >= 0.3 is 6.03 Å². The van der Waals surface area contributed by atoms with Crippen LogP contribution in [-0.2, 0) is 0 Å². The number of carbonyl (C=O) groups is 2. The molecule has 0 bridgehead atoms. The first-order chi connectivity index (χ1) is 12.6. The van der Waals surface area contributed by atoms with E-state index in [1.807, 2.05) is 60.7 Å². The summed E-state index contributed by atoms with van der Waals surface area (Å²) < 4.78 is 0. The van der Waals surface area contributed by atoms with Crippen LogP contribution in [0.1, 0.15) is 28.9 Å². The van der Waals surface area contributed by atoms with Crippen molar-refractivity contribution in [1.82, 2.24) is 10.6 Å². The Morgan fingerprint density at radius 3 is 2.38 bits per heavy atom. The van der Waals surface area contributed by atoms with Crippen LogP contribution in [0.4, 0.5) is 4.79 Å². The summed E-state index contributed by atoms with van der Waals surface area (Å²) in [6.07, 6.45) is 0. The predicted molar refractivity (Wildman–Crippen MR) is 102 cm³/mol. The average molecular weight is 342 g/mol. The standard InChI is InChI=1S/C22H18N2O2/c1-14-19(21(25)16-9-3-2-4-10-16)20(24-22(26)23-14)18-13-7-11-15-8-5-6-12-17(15)18/h2-13,20H,1H3,(H2,23,24,26)/t20-/m0/s1. The molecule has 128 valence electrons. The van der Waals surface area contributed by atoms with Crippen molar-refractivity contribution in [2.24, 2.45) is 0 Å². The van der Waals surface area contributed by atoms with Gasteiger partial charge in [0.05, 0.1) is 6.04 Å². The first kappa shape index (κ1) is 16.1. The minimum absolute atomic E-state index is 0.0893. The zero-order valence-electron chi connectivity index (χ0n) is 14.3. The summed E-state index contributed by atoms with van der Waals surface area (Å²) in [5.41, 5.74) is 2.66. The van der Waals surface area contributed by atoms with E-state index in [0.717, 1.165) is 16.3 Å². The fourth-order valence-electron chi connectivity index (χ4n) is 3.48. The molecule has 0 radical (unpaired) electrons. The van der Waals surface area contributed by atoms with Gasteiger partial charge in [0.15, 0.2) is 5.78 Å². The van der Waals surface area contributed by atoms with Gasteiger partial charge in [-0.2, -0.15) is 0 Å². The van der Waals surface area contributed by atoms with E-state index in [9.17, 15) is 9.59 Å². The van der Waals surface area contributed by atoms with Crippen molar-refractivity contribution in [3.05, 3.63) is 95.2 Å². The number of hydrogen-bond acceptors (Lipinski definition) is 2. The Kier molecular flexibility index (Phi) is 4.01. The molecule has 1 aliphatic heterocycles. The highest BCUT2D eigenvalue weighted by Crippen LogP contribution is 2.33. The third-order valence-electron chi connectivity index (χ3n) is 4.68. The van der Waals surface area contributed by atoms with Crippen molar-refractivity contribution < 1.29 is 9.59 Å². The summed E-state index contributed by atoms with van der Waals surface area (Å²) in [5.74, 6) is -0.0893. The highest BCUT2D eigenvalue weighted by atomic mass is 16.2. The number of allylic oxidation sites excluding steroid dienone is 1. The molecule has 26 heavy (non-hydrogen) atoms. The van der Waals surface area contributed by atoms with Gasteiger partial charge in [-0.25, -0.2) is 4.79 Å². The van der Waals surface area contributed by atoms with Crippen LogP contribution in [0.15, 0.2) is 84.1 Å². The molecule has 2 N–H and O–H groups in total. The number of ketones is 1. The number of rotatable bonds is 3. The maximum absolute atomic E-state index is 13.2. The lowest BCUT2D eigenvalue weighted by Gasteiger charge is -2.29. The lowest BCUT2D eigenvalue weighted by molar-refractivity contribution is 0.102. The van der Waals surface area contributed by atoms with Gasteiger partial charge in [-0.3, -0.25) is 4.79 Å². The molecule has 1 atom stereocenters. The minimum Gasteiger partial charge on any atom is -0.327 e. The largest absolute Gasteiger partial charge is 0.327 e. The number of hydrogen-bond donors (Lipinski definition) is 2. The number of nitrogens with one attached hydrogen (secondary N) is 2. The van der Waals surface area contributed by atoms with Gasteiger partial charge in [-0.15, -0.1) is 0 Å². The number of carbonyl (C=O) groups excluding carboxylic acids is 2. The van der Waals surface area contributed by atoms with E-state index in [0.29, 0.717) is 16.8 Å². The Morgan fingerprint density at radius 1 is 0.885 bits per heavy atom. The second kappa shape index (κ2) is 6.48. The van der Waals surface area contributed by atoms with Crippen molar-refractivity contribution in [1.29, 1.82) is 0 Å². The van der Waals surface area contributed by atoms with Crippen LogP contribution < -0.4 is 10.6 Å². The Labute approximate surface area is 151 Å². The molecular weight excluding hydrogens is 324 g/mol. The van der Waals surface area contributed by atoms with Crippen LogP contribution in [-0.4, -0.2) is 11.8 Å². The predicted octanol–water partition coefficient (Wildman–Crippen LogP) is 4.35. The maximum atomic E-state index is 13.2. The number of urea groups is 1. The van der Waals surface area contributed by atoms with E-state index in [1.165, 1.54) is 0 Å². The van der Waals surface area contributed by atoms with Gasteiger partial charge < -0.3 is 10.6 Å². The van der Waals surface area contributed by atoms with Crippen molar-refractivity contribution >= 4 is 22.6 Å². The van der Waals surface area contributed by atoms with Crippen molar-refractivity contribution in [2.45, 2.75) is 13.0 Å². The van der Waals surface area contributed by atoms with Crippen LogP contribution in [0, 0.1) is 0 Å². The smallest absolute Gasteiger partial charge is 0.319 e. The maximum Gasteiger partial charge on any atom is 0.319 e. The summed E-state index contributed by atoms with van der Waals surface area (Å²) >= 11 is 0. The minimum atomic E-state index is -0.498. The van der Waals surface area contributed by atoms with Crippen LogP contribution in [0.2, 0.25) is 0 Å². The van der Waals surface area contributed by atoms with Crippen molar-refractivity contribution in [3.63, 3.8) is 0 Å². The molecule has 0 fully saturated rings. The molecule has 0 aliphatic carbocycles. The first-order valence-corrected chi connectivity index (χ1v) is 8.51. The quantitative estimate of drug-likeness (QED) is 0.695. The number of fused-ring (bicyclic) bond motifs is 1. The first-order valence-electron chi connectivity index (χ1n) is 8.51. The lowest BCUT2D eigenvalue weighted by atomic mass is 9.87. The Hall–Kier alpha value is -3.40. The molecule has 1 aliphatic rings. The molecule has 0 saturated carbocycles. The SMILES string of the molecule is CC1=C(C(=O)c2ccccc2)[C@H](c2cccc3ccccc23)NC(=O)N1. The molecule has 2 amide bonds. The van der Waals surface area contributed by atoms with E-state index in [4.69, 9.17) is 0 Å². The molecule has 0 aromatic heterocycles. The Bertz CT molecular complexity index is 1030. The van der Waals surface area contributed by atoms with Gasteiger partial charge in [0.25, 0.3) is 0 Å². The third-order valence-corrected chi connectivity index (χ3v) is 4.68. The molecule has 3 aromatic carbocycles. The molecule has 0 saturated heterocycles. The van der Waals surface area contributed by atoms with Gasteiger partial charge in [0.1, 0.15) is 0 Å². The number of Topliss-reactive ketones (excluding diaryl/α,β-unsaturated/α-hetero) is 1. The lowest BCUT2D eigenvalue weighted by Crippen LogP contribution is -2.45. The average Bonchev–Trinajstić information content (AvgIpc) is 2.67. The number of amides is 2. The summed E-state index contributed by atoms with van der Waals surface area (Å²) in [6.45, 7) is 1.77. The van der Waals surface area contributed by atoms with Crippen molar-refractivity contribution in [3.8, 4) is 0 Å². The molecule has 4 rings (SSSR count). The highest BCUT2D eigenvalue weighted by Gasteiger charge is 2.32. The molecule has 0 spiro atoms. The normalized spacial score (nSPS) is 17.0. The molecule has 1 heterocycles. The van der Waals surface area contributed by atoms with Crippen LogP contribution in [0.5, 0.6) is 0 Å². The fourth-order valence-corrected chi connectivity index (χ4v) is 3.48. The summed E-state index contributed by atoms with van der Waals surface area (Å²) in [7, 11) is 0. The Morgan fingerprint density at radius 2 is 1.58 bits per heavy atom. The highest BCUT2D eigenvalue weighted by molar-refractivity contribution is 6.11. The van der Waals surface area contributed by atoms with Crippen LogP contribution in [0.25, 0.3) is 10.8 Å². The van der Waals surface area contributed by atoms with Gasteiger partial charge in [0, 0.05) is 16.8 Å². The summed E-state index contributed by atoms with van der Waals surface area (Å²) in [4.78, 5) is 25.3. The molecule has 0 unspecified atom stereocenters. The Balaban J connectivity index is 1.89. The van der Waals surface area contributed by atoms with Gasteiger partial charge in [-0.05, 0) is 23.3 Å². The van der Waals surface area contributed by atoms with Crippen molar-refractivity contribution in [2.75, 3.05) is 0 Å². The monoisotopic (exact) mass is 342 g/mol. The van der Waals surface area contributed by atoms with E-state index in [1.54, 1.807) is 19.1 Å². The molecule has 4 nitrogen and oxygen atoms in total. The van der Waals surface area contributed by atoms with Gasteiger partial charge in [-0.1, -0.05) is 72.8 Å². The van der Waals surface area contributed by atoms with Crippen LogP contribution in [0.3, 0.4) is 0 Å². The van der Waals surface area contributed by atoms with E-state index in [2.05, 4.69) is 10.6 Å². The van der Waals surface area contributed by atoms with E-state index in [-0.39, 0.29) is 11.8 Å². The molecule has 4 heteroatoms. The van der Waals surface area contributed by atoms with E-state index < -0.39 is 6.04 Å². The fraction of sp³-hybridized carbons (Fsp3) is 0.0909. The molecular formula is C22H18N2O2. The zero-order chi connectivity index (χ0) is 18.1.